The van der Waals surface area contributed by atoms with Crippen molar-refractivity contribution in [3.8, 4) is 5.75 Å². The zero-order valence-electron chi connectivity index (χ0n) is 7.05. The molecular formula is C9H10ClNO2. The van der Waals surface area contributed by atoms with E-state index in [0.717, 1.165) is 16.9 Å². The topological polar surface area (TPSA) is 44.5 Å². The van der Waals surface area contributed by atoms with Crippen LogP contribution in [0.3, 0.4) is 0 Å². The van der Waals surface area contributed by atoms with Gasteiger partial charge in [-0.2, -0.15) is 0 Å². The first kappa shape index (κ1) is 8.81. The molecule has 0 aliphatic carbocycles. The quantitative estimate of drug-likeness (QED) is 0.748. The summed E-state index contributed by atoms with van der Waals surface area (Å²) in [7, 11) is 0. The zero-order valence-corrected chi connectivity index (χ0v) is 7.80. The lowest BCUT2D eigenvalue weighted by Gasteiger charge is -2.20. The molecule has 0 atom stereocenters. The Hall–Kier alpha value is -0.770. The third-order valence-electron chi connectivity index (χ3n) is 1.97. The van der Waals surface area contributed by atoms with Gasteiger partial charge in [0.15, 0.2) is 6.79 Å². The van der Waals surface area contributed by atoms with Crippen LogP contribution in [-0.2, 0) is 17.9 Å². The van der Waals surface area contributed by atoms with Gasteiger partial charge in [0.05, 0.1) is 6.61 Å². The molecule has 0 amide bonds. The standard InChI is InChI=1S/C9H10ClNO2/c10-8-1-6(3-11)9-7(2-8)4-12-5-13-9/h1-2H,3-5,11H2. The number of rotatable bonds is 1. The van der Waals surface area contributed by atoms with Gasteiger partial charge in [-0.25, -0.2) is 0 Å². The van der Waals surface area contributed by atoms with Crippen molar-refractivity contribution < 1.29 is 9.47 Å². The first-order chi connectivity index (χ1) is 6.31. The number of hydrogen-bond acceptors (Lipinski definition) is 3. The van der Waals surface area contributed by atoms with Gasteiger partial charge in [-0.05, 0) is 12.1 Å². The Labute approximate surface area is 81.4 Å². The van der Waals surface area contributed by atoms with Gasteiger partial charge in [0, 0.05) is 22.7 Å². The van der Waals surface area contributed by atoms with Gasteiger partial charge < -0.3 is 15.2 Å². The Kier molecular flexibility index (Phi) is 2.40. The summed E-state index contributed by atoms with van der Waals surface area (Å²) in [5, 5.41) is 0.674. The Balaban J connectivity index is 2.50. The summed E-state index contributed by atoms with van der Waals surface area (Å²) in [6.45, 7) is 1.27. The van der Waals surface area contributed by atoms with E-state index in [1.807, 2.05) is 12.1 Å². The summed E-state index contributed by atoms with van der Waals surface area (Å²) in [5.74, 6) is 0.832. The van der Waals surface area contributed by atoms with Gasteiger partial charge in [-0.1, -0.05) is 11.6 Å². The smallest absolute Gasteiger partial charge is 0.189 e. The summed E-state index contributed by atoms with van der Waals surface area (Å²) in [4.78, 5) is 0. The molecule has 3 nitrogen and oxygen atoms in total. The Morgan fingerprint density at radius 1 is 1.46 bits per heavy atom. The van der Waals surface area contributed by atoms with E-state index in [1.165, 1.54) is 0 Å². The number of ether oxygens (including phenoxy) is 2. The molecule has 2 N–H and O–H groups in total. The third-order valence-corrected chi connectivity index (χ3v) is 2.19. The fraction of sp³-hybridized carbons (Fsp3) is 0.333. The second kappa shape index (κ2) is 3.54. The fourth-order valence-electron chi connectivity index (χ4n) is 1.41. The number of nitrogens with two attached hydrogens (primary N) is 1. The SMILES string of the molecule is NCc1cc(Cl)cc2c1OCOC2. The Morgan fingerprint density at radius 3 is 3.08 bits per heavy atom. The number of hydrogen-bond donors (Lipinski definition) is 1. The Morgan fingerprint density at radius 2 is 2.31 bits per heavy atom. The van der Waals surface area contributed by atoms with Crippen molar-refractivity contribution in [3.05, 3.63) is 28.3 Å². The molecule has 1 aliphatic rings. The third kappa shape index (κ3) is 1.63. The van der Waals surface area contributed by atoms with Crippen LogP contribution in [0.1, 0.15) is 11.1 Å². The van der Waals surface area contributed by atoms with E-state index in [1.54, 1.807) is 0 Å². The van der Waals surface area contributed by atoms with Gasteiger partial charge in [-0.3, -0.25) is 0 Å². The maximum atomic E-state index is 5.89. The van der Waals surface area contributed by atoms with E-state index in [-0.39, 0.29) is 0 Å². The van der Waals surface area contributed by atoms with Crippen molar-refractivity contribution in [1.82, 2.24) is 0 Å². The van der Waals surface area contributed by atoms with E-state index >= 15 is 0 Å². The molecule has 0 saturated heterocycles. The van der Waals surface area contributed by atoms with Crippen molar-refractivity contribution in [2.45, 2.75) is 13.2 Å². The van der Waals surface area contributed by atoms with Crippen molar-refractivity contribution in [3.63, 3.8) is 0 Å². The lowest BCUT2D eigenvalue weighted by molar-refractivity contribution is -0.0170. The predicted octanol–water partition coefficient (Wildman–Crippen LogP) is 1.67. The minimum absolute atomic E-state index is 0.293. The molecule has 0 radical (unpaired) electrons. The highest BCUT2D eigenvalue weighted by molar-refractivity contribution is 6.30. The maximum Gasteiger partial charge on any atom is 0.189 e. The zero-order chi connectivity index (χ0) is 9.26. The van der Waals surface area contributed by atoms with Crippen LogP contribution in [0.2, 0.25) is 5.02 Å². The average molecular weight is 200 g/mol. The molecule has 1 aromatic rings. The van der Waals surface area contributed by atoms with E-state index < -0.39 is 0 Å². The van der Waals surface area contributed by atoms with Crippen LogP contribution in [0.5, 0.6) is 5.75 Å². The minimum atomic E-state index is 0.293. The first-order valence-electron chi connectivity index (χ1n) is 4.03. The van der Waals surface area contributed by atoms with Gasteiger partial charge in [-0.15, -0.1) is 0 Å². The van der Waals surface area contributed by atoms with Crippen LogP contribution in [0.15, 0.2) is 12.1 Å². The lowest BCUT2D eigenvalue weighted by atomic mass is 10.1. The molecule has 0 aromatic heterocycles. The highest BCUT2D eigenvalue weighted by atomic mass is 35.5. The van der Waals surface area contributed by atoms with E-state index in [0.29, 0.717) is 25.0 Å². The molecule has 0 unspecified atom stereocenters. The summed E-state index contributed by atoms with van der Waals surface area (Å²) in [6.07, 6.45) is 0. The average Bonchev–Trinajstić information content (AvgIpc) is 2.16. The fourth-order valence-corrected chi connectivity index (χ4v) is 1.67. The second-order valence-corrected chi connectivity index (χ2v) is 3.30. The normalized spacial score (nSPS) is 14.9. The number of halogens is 1. The molecule has 2 rings (SSSR count). The molecule has 4 heteroatoms. The Bertz CT molecular complexity index is 310. The van der Waals surface area contributed by atoms with Crippen molar-refractivity contribution in [2.75, 3.05) is 6.79 Å². The number of benzene rings is 1. The molecule has 1 heterocycles. The van der Waals surface area contributed by atoms with Gasteiger partial charge in [0.1, 0.15) is 5.75 Å². The molecule has 0 fully saturated rings. The lowest BCUT2D eigenvalue weighted by Crippen LogP contribution is -2.14. The molecule has 70 valence electrons. The molecule has 0 spiro atoms. The van der Waals surface area contributed by atoms with Crippen molar-refractivity contribution in [1.29, 1.82) is 0 Å². The highest BCUT2D eigenvalue weighted by Gasteiger charge is 2.14. The molecule has 1 aromatic carbocycles. The summed E-state index contributed by atoms with van der Waals surface area (Å²) < 4.78 is 10.5. The van der Waals surface area contributed by atoms with Crippen molar-refractivity contribution in [2.24, 2.45) is 5.73 Å². The summed E-state index contributed by atoms with van der Waals surface area (Å²) >= 11 is 5.89. The van der Waals surface area contributed by atoms with Gasteiger partial charge in [0.2, 0.25) is 0 Å². The molecule has 13 heavy (non-hydrogen) atoms. The van der Waals surface area contributed by atoms with E-state index in [4.69, 9.17) is 26.8 Å². The van der Waals surface area contributed by atoms with Crippen LogP contribution in [0.4, 0.5) is 0 Å². The minimum Gasteiger partial charge on any atom is -0.467 e. The van der Waals surface area contributed by atoms with E-state index in [2.05, 4.69) is 0 Å². The van der Waals surface area contributed by atoms with Crippen LogP contribution in [0.25, 0.3) is 0 Å². The van der Waals surface area contributed by atoms with Crippen LogP contribution >= 0.6 is 11.6 Å². The molecule has 1 aliphatic heterocycles. The summed E-state index contributed by atoms with van der Waals surface area (Å²) in [6, 6.07) is 3.67. The highest BCUT2D eigenvalue weighted by Crippen LogP contribution is 2.31. The van der Waals surface area contributed by atoms with Gasteiger partial charge in [0.25, 0.3) is 0 Å². The first-order valence-corrected chi connectivity index (χ1v) is 4.41. The molecular weight excluding hydrogens is 190 g/mol. The monoisotopic (exact) mass is 199 g/mol. The number of fused-ring (bicyclic) bond motifs is 1. The molecule has 0 saturated carbocycles. The van der Waals surface area contributed by atoms with Crippen molar-refractivity contribution >= 4 is 11.6 Å². The molecule has 0 bridgehead atoms. The predicted molar refractivity (Wildman–Crippen MR) is 49.6 cm³/mol. The van der Waals surface area contributed by atoms with Crippen LogP contribution < -0.4 is 10.5 Å². The van der Waals surface area contributed by atoms with E-state index in [9.17, 15) is 0 Å². The van der Waals surface area contributed by atoms with Gasteiger partial charge >= 0.3 is 0 Å². The second-order valence-electron chi connectivity index (χ2n) is 2.87. The van der Waals surface area contributed by atoms with Crippen LogP contribution in [0, 0.1) is 0 Å². The largest absolute Gasteiger partial charge is 0.467 e. The summed E-state index contributed by atoms with van der Waals surface area (Å²) in [5.41, 5.74) is 7.47. The maximum absolute atomic E-state index is 5.89. The van der Waals surface area contributed by atoms with Crippen LogP contribution in [-0.4, -0.2) is 6.79 Å².